The average molecular weight is 528 g/mol. The van der Waals surface area contributed by atoms with Crippen LogP contribution in [0.2, 0.25) is 0 Å². The molecule has 1 aromatic rings. The van der Waals surface area contributed by atoms with Gasteiger partial charge < -0.3 is 25.7 Å². The lowest BCUT2D eigenvalue weighted by molar-refractivity contribution is -0.207. The van der Waals surface area contributed by atoms with Crippen molar-refractivity contribution in [1.29, 1.82) is 0 Å². The van der Waals surface area contributed by atoms with Crippen molar-refractivity contribution in [3.63, 3.8) is 0 Å². The summed E-state index contributed by atoms with van der Waals surface area (Å²) < 4.78 is 0. The molecule has 11 atom stereocenters. The van der Waals surface area contributed by atoms with Gasteiger partial charge in [0.15, 0.2) is 0 Å². The molecule has 0 heterocycles. The van der Waals surface area contributed by atoms with Crippen molar-refractivity contribution in [3.05, 3.63) is 29.8 Å². The fourth-order valence-corrected chi connectivity index (χ4v) is 9.65. The Labute approximate surface area is 226 Å². The van der Waals surface area contributed by atoms with E-state index < -0.39 is 12.1 Å². The number of nitrogens with one attached hydrogen (secondary N) is 1. The Hall–Kier alpha value is -1.96. The molecule has 0 saturated heterocycles. The van der Waals surface area contributed by atoms with Gasteiger partial charge in [0.25, 0.3) is 0 Å². The number of benzene rings is 1. The minimum absolute atomic E-state index is 0.0607. The Kier molecular flexibility index (Phi) is 7.42. The number of carboxylic acid groups (broad SMARTS) is 1. The van der Waals surface area contributed by atoms with E-state index in [2.05, 4.69) is 26.1 Å². The third-order valence-corrected chi connectivity index (χ3v) is 11.7. The molecule has 0 bridgehead atoms. The minimum atomic E-state index is -1.03. The summed E-state index contributed by atoms with van der Waals surface area (Å²) in [5, 5.41) is 45.5. The first-order valence-corrected chi connectivity index (χ1v) is 14.6. The number of aliphatic hydroxyl groups is 3. The summed E-state index contributed by atoms with van der Waals surface area (Å²) in [7, 11) is 0. The van der Waals surface area contributed by atoms with E-state index in [1.807, 2.05) is 0 Å². The molecule has 38 heavy (non-hydrogen) atoms. The van der Waals surface area contributed by atoms with E-state index in [0.717, 1.165) is 38.5 Å². The number of hydrogen-bond donors (Lipinski definition) is 5. The van der Waals surface area contributed by atoms with Crippen LogP contribution in [0.1, 0.15) is 88.9 Å². The van der Waals surface area contributed by atoms with Crippen molar-refractivity contribution in [2.45, 2.75) is 96.9 Å². The summed E-state index contributed by atoms with van der Waals surface area (Å²) >= 11 is 0. The molecule has 5 N–H and O–H groups in total. The number of aliphatic hydroxyl groups excluding tert-OH is 3. The fourth-order valence-electron chi connectivity index (χ4n) is 9.65. The van der Waals surface area contributed by atoms with Crippen molar-refractivity contribution < 1.29 is 30.0 Å². The molecule has 7 nitrogen and oxygen atoms in total. The van der Waals surface area contributed by atoms with Gasteiger partial charge in [-0.1, -0.05) is 26.8 Å². The largest absolute Gasteiger partial charge is 0.478 e. The summed E-state index contributed by atoms with van der Waals surface area (Å²) in [6, 6.07) is 6.28. The molecule has 4 saturated carbocycles. The number of carboxylic acids is 1. The van der Waals surface area contributed by atoms with Gasteiger partial charge in [0.2, 0.25) is 5.91 Å². The van der Waals surface area contributed by atoms with Gasteiger partial charge in [0.1, 0.15) is 0 Å². The molecular formula is C31H45NO6. The second kappa shape index (κ2) is 10.2. The molecule has 0 radical (unpaired) electrons. The molecule has 0 aliphatic heterocycles. The molecule has 4 aliphatic rings. The fraction of sp³-hybridized carbons (Fsp3) is 0.742. The normalized spacial score (nSPS) is 42.9. The Bertz CT molecular complexity index is 1060. The van der Waals surface area contributed by atoms with E-state index in [1.54, 1.807) is 12.1 Å². The zero-order valence-electron chi connectivity index (χ0n) is 23.0. The minimum Gasteiger partial charge on any atom is -0.478 e. The van der Waals surface area contributed by atoms with Gasteiger partial charge in [-0.25, -0.2) is 4.79 Å². The molecule has 4 fully saturated rings. The SMILES string of the molecule is CC(CCC(=O)Nc1cccc(C(=O)O)c1)[C@H]1CCC2C3C(C[C@H](O)[C@@]21C)[C@@]1(C)CC[C@@H](O)CC1C[C@H]3O. The summed E-state index contributed by atoms with van der Waals surface area (Å²) in [5.41, 5.74) is 0.397. The highest BCUT2D eigenvalue weighted by atomic mass is 16.4. The van der Waals surface area contributed by atoms with Gasteiger partial charge in [0, 0.05) is 12.1 Å². The summed E-state index contributed by atoms with van der Waals surface area (Å²) in [6.07, 6.45) is 5.92. The topological polar surface area (TPSA) is 127 Å². The van der Waals surface area contributed by atoms with Crippen LogP contribution < -0.4 is 5.32 Å². The zero-order chi connectivity index (χ0) is 27.4. The lowest BCUT2D eigenvalue weighted by atomic mass is 9.43. The summed E-state index contributed by atoms with van der Waals surface area (Å²) in [5.74, 6) is 0.379. The highest BCUT2D eigenvalue weighted by Crippen LogP contribution is 2.68. The summed E-state index contributed by atoms with van der Waals surface area (Å²) in [4.78, 5) is 23.9. The molecule has 5 rings (SSSR count). The van der Waals surface area contributed by atoms with Crippen molar-refractivity contribution in [2.75, 3.05) is 5.32 Å². The van der Waals surface area contributed by atoms with Gasteiger partial charge in [-0.3, -0.25) is 4.79 Å². The molecule has 5 unspecified atom stereocenters. The van der Waals surface area contributed by atoms with Crippen LogP contribution in [0.4, 0.5) is 5.69 Å². The molecule has 7 heteroatoms. The van der Waals surface area contributed by atoms with Gasteiger partial charge in [-0.15, -0.1) is 0 Å². The van der Waals surface area contributed by atoms with Crippen molar-refractivity contribution in [1.82, 2.24) is 0 Å². The number of amides is 1. The Morgan fingerprint density at radius 3 is 2.55 bits per heavy atom. The maximum Gasteiger partial charge on any atom is 0.335 e. The van der Waals surface area contributed by atoms with Gasteiger partial charge in [0.05, 0.1) is 23.9 Å². The Morgan fingerprint density at radius 1 is 1.05 bits per heavy atom. The standard InChI is InChI=1S/C31H45NO6/c1-17(7-10-27(36)32-20-6-4-5-18(13-20)29(37)38)22-8-9-23-28-24(16-26(35)31(22,23)3)30(2)12-11-21(33)14-19(30)15-25(28)34/h4-6,13,17,19,21-26,28,33-35H,7-12,14-16H2,1-3H3,(H,32,36)(H,37,38)/t17?,19?,21-,22-,23?,24?,25-,26+,28?,30+,31-/m1/s1. The van der Waals surface area contributed by atoms with Crippen LogP contribution in [0, 0.1) is 46.3 Å². The van der Waals surface area contributed by atoms with Crippen LogP contribution >= 0.6 is 0 Å². The molecule has 1 amide bonds. The number of hydrogen-bond acceptors (Lipinski definition) is 5. The monoisotopic (exact) mass is 527 g/mol. The quantitative estimate of drug-likeness (QED) is 0.365. The molecule has 4 aliphatic carbocycles. The van der Waals surface area contributed by atoms with Gasteiger partial charge in [-0.05, 0) is 116 Å². The maximum atomic E-state index is 12.7. The van der Waals surface area contributed by atoms with Crippen LogP contribution in [-0.4, -0.2) is 50.6 Å². The first kappa shape index (κ1) is 27.6. The number of rotatable bonds is 6. The van der Waals surface area contributed by atoms with Crippen LogP contribution in [-0.2, 0) is 4.79 Å². The molecule has 0 aromatic heterocycles. The smallest absolute Gasteiger partial charge is 0.335 e. The van der Waals surface area contributed by atoms with Crippen molar-refractivity contribution >= 4 is 17.6 Å². The molecule has 1 aromatic carbocycles. The molecule has 0 spiro atoms. The Balaban J connectivity index is 1.26. The highest BCUT2D eigenvalue weighted by molar-refractivity contribution is 5.93. The van der Waals surface area contributed by atoms with E-state index in [4.69, 9.17) is 0 Å². The number of fused-ring (bicyclic) bond motifs is 5. The third-order valence-electron chi connectivity index (χ3n) is 11.7. The Morgan fingerprint density at radius 2 is 1.82 bits per heavy atom. The number of anilines is 1. The molecule has 210 valence electrons. The molecular weight excluding hydrogens is 482 g/mol. The van der Waals surface area contributed by atoms with Crippen LogP contribution in [0.3, 0.4) is 0 Å². The second-order valence-corrected chi connectivity index (χ2v) is 13.5. The van der Waals surface area contributed by atoms with E-state index >= 15 is 0 Å². The number of aromatic carboxylic acids is 1. The van der Waals surface area contributed by atoms with E-state index in [9.17, 15) is 30.0 Å². The first-order valence-electron chi connectivity index (χ1n) is 14.6. The van der Waals surface area contributed by atoms with Gasteiger partial charge >= 0.3 is 5.97 Å². The van der Waals surface area contributed by atoms with E-state index in [-0.39, 0.29) is 64.1 Å². The highest BCUT2D eigenvalue weighted by Gasteiger charge is 2.65. The van der Waals surface area contributed by atoms with Crippen LogP contribution in [0.25, 0.3) is 0 Å². The van der Waals surface area contributed by atoms with Gasteiger partial charge in [-0.2, -0.15) is 0 Å². The maximum absolute atomic E-state index is 12.7. The van der Waals surface area contributed by atoms with Crippen molar-refractivity contribution in [2.24, 2.45) is 46.3 Å². The predicted molar refractivity (Wildman–Crippen MR) is 144 cm³/mol. The summed E-state index contributed by atoms with van der Waals surface area (Å²) in [6.45, 7) is 6.77. The average Bonchev–Trinajstić information content (AvgIpc) is 3.23. The third kappa shape index (κ3) is 4.58. The van der Waals surface area contributed by atoms with E-state index in [0.29, 0.717) is 30.9 Å². The van der Waals surface area contributed by atoms with Crippen LogP contribution in [0.5, 0.6) is 0 Å². The van der Waals surface area contributed by atoms with E-state index in [1.165, 1.54) is 12.1 Å². The lowest BCUT2D eigenvalue weighted by Gasteiger charge is -2.63. The predicted octanol–water partition coefficient (Wildman–Crippen LogP) is 4.70. The lowest BCUT2D eigenvalue weighted by Crippen LogP contribution is -2.62. The zero-order valence-corrected chi connectivity index (χ0v) is 23.0. The second-order valence-electron chi connectivity index (χ2n) is 13.5. The van der Waals surface area contributed by atoms with Crippen molar-refractivity contribution in [3.8, 4) is 0 Å². The number of carbonyl (C=O) groups is 2. The van der Waals surface area contributed by atoms with Crippen LogP contribution in [0.15, 0.2) is 24.3 Å². The number of carbonyl (C=O) groups excluding carboxylic acids is 1. The first-order chi connectivity index (χ1) is 17.9.